The molecule has 8 nitrogen and oxygen atoms in total. The number of Topliss-reactive ketones (excluding diaryl/α,β-unsaturated/α-hetero) is 1. The molecule has 2 heterocycles. The third-order valence-electron chi connectivity index (χ3n) is 7.80. The molecule has 2 aromatic carbocycles. The van der Waals surface area contributed by atoms with E-state index < -0.39 is 27.5 Å². The predicted molar refractivity (Wildman–Crippen MR) is 148 cm³/mol. The highest BCUT2D eigenvalue weighted by Crippen LogP contribution is 2.50. The summed E-state index contributed by atoms with van der Waals surface area (Å²) >= 11 is 0. The Hall–Kier alpha value is -3.46. The molecule has 5 rings (SSSR count). The van der Waals surface area contributed by atoms with Crippen molar-refractivity contribution in [2.45, 2.75) is 68.4 Å². The number of ketones is 1. The molecule has 0 radical (unpaired) electrons. The number of rotatable bonds is 11. The van der Waals surface area contributed by atoms with Gasteiger partial charge >= 0.3 is 5.97 Å². The van der Waals surface area contributed by atoms with Crippen molar-refractivity contribution < 1.29 is 22.7 Å². The van der Waals surface area contributed by atoms with E-state index in [9.17, 15) is 18.0 Å². The first-order valence-corrected chi connectivity index (χ1v) is 15.1. The standard InChI is InChI=1S/C30H35N3O5S/c1-3-15-30(16-14-21-8-5-4-6-9-21)18-25(34)28(29(35)38-30)27(22-12-13-22)23-10-7-11-24(17-23)32-39(36,37)26-19-33(2)20-31-26/h4-11,17,19-20,22,27-28,32H,3,12-16,18H2,1-2H3. The number of esters is 1. The summed E-state index contributed by atoms with van der Waals surface area (Å²) in [4.78, 5) is 31.3. The number of aryl methyl sites for hydroxylation is 2. The summed E-state index contributed by atoms with van der Waals surface area (Å²) in [7, 11) is -2.18. The second kappa shape index (κ2) is 11.0. The number of imidazole rings is 1. The highest BCUT2D eigenvalue weighted by molar-refractivity contribution is 7.92. The number of carbonyl (C=O) groups excluding carboxylic acids is 2. The van der Waals surface area contributed by atoms with Gasteiger partial charge in [-0.1, -0.05) is 55.8 Å². The van der Waals surface area contributed by atoms with E-state index in [1.165, 1.54) is 12.5 Å². The Kier molecular flexibility index (Phi) is 7.62. The maximum absolute atomic E-state index is 13.7. The number of hydrogen-bond acceptors (Lipinski definition) is 6. The monoisotopic (exact) mass is 549 g/mol. The van der Waals surface area contributed by atoms with Crippen LogP contribution in [0.15, 0.2) is 72.1 Å². The summed E-state index contributed by atoms with van der Waals surface area (Å²) in [5.41, 5.74) is 1.49. The van der Waals surface area contributed by atoms with Crippen molar-refractivity contribution in [1.82, 2.24) is 9.55 Å². The summed E-state index contributed by atoms with van der Waals surface area (Å²) in [6.07, 6.45) is 7.68. The highest BCUT2D eigenvalue weighted by atomic mass is 32.2. The van der Waals surface area contributed by atoms with Gasteiger partial charge in [-0.25, -0.2) is 4.98 Å². The fourth-order valence-corrected chi connectivity index (χ4v) is 6.86. The molecule has 1 N–H and O–H groups in total. The number of anilines is 1. The van der Waals surface area contributed by atoms with Gasteiger partial charge in [0.25, 0.3) is 10.0 Å². The van der Waals surface area contributed by atoms with Crippen molar-refractivity contribution in [3.8, 4) is 0 Å². The first-order chi connectivity index (χ1) is 18.7. The molecule has 206 valence electrons. The zero-order chi connectivity index (χ0) is 27.6. The second-order valence-corrected chi connectivity index (χ2v) is 12.6. The largest absolute Gasteiger partial charge is 0.458 e. The van der Waals surface area contributed by atoms with Crippen LogP contribution in [0, 0.1) is 11.8 Å². The van der Waals surface area contributed by atoms with Crippen LogP contribution in [0.1, 0.15) is 62.5 Å². The van der Waals surface area contributed by atoms with E-state index in [1.807, 2.05) is 43.3 Å². The minimum absolute atomic E-state index is 0.0795. The van der Waals surface area contributed by atoms with Crippen molar-refractivity contribution in [2.24, 2.45) is 18.9 Å². The van der Waals surface area contributed by atoms with Crippen LogP contribution in [0.2, 0.25) is 0 Å². The number of carbonyl (C=O) groups is 2. The number of benzene rings is 2. The van der Waals surface area contributed by atoms with Gasteiger partial charge in [0.1, 0.15) is 11.5 Å². The van der Waals surface area contributed by atoms with Crippen LogP contribution in [0.3, 0.4) is 0 Å². The van der Waals surface area contributed by atoms with Crippen LogP contribution in [0.25, 0.3) is 0 Å². The average Bonchev–Trinajstić information content (AvgIpc) is 3.63. The van der Waals surface area contributed by atoms with Gasteiger partial charge in [-0.2, -0.15) is 8.42 Å². The first-order valence-electron chi connectivity index (χ1n) is 13.6. The lowest BCUT2D eigenvalue weighted by molar-refractivity contribution is -0.180. The van der Waals surface area contributed by atoms with Crippen LogP contribution in [0.4, 0.5) is 5.69 Å². The van der Waals surface area contributed by atoms with Crippen molar-refractivity contribution in [1.29, 1.82) is 0 Å². The Bertz CT molecular complexity index is 1430. The Labute approximate surface area is 229 Å². The lowest BCUT2D eigenvalue weighted by Crippen LogP contribution is -2.49. The quantitative estimate of drug-likeness (QED) is 0.266. The number of cyclic esters (lactones) is 1. The maximum Gasteiger partial charge on any atom is 0.317 e. The zero-order valence-corrected chi connectivity index (χ0v) is 23.2. The third kappa shape index (κ3) is 6.08. The van der Waals surface area contributed by atoms with Gasteiger partial charge in [0.05, 0.1) is 6.33 Å². The van der Waals surface area contributed by atoms with E-state index in [2.05, 4.69) is 9.71 Å². The van der Waals surface area contributed by atoms with Crippen LogP contribution in [0.5, 0.6) is 0 Å². The molecule has 1 saturated carbocycles. The van der Waals surface area contributed by atoms with Crippen molar-refractivity contribution >= 4 is 27.5 Å². The molecule has 0 bridgehead atoms. The highest BCUT2D eigenvalue weighted by Gasteiger charge is 2.52. The number of ether oxygens (including phenoxy) is 1. The molecule has 1 aliphatic heterocycles. The maximum atomic E-state index is 13.7. The van der Waals surface area contributed by atoms with Gasteiger partial charge in [0, 0.05) is 31.3 Å². The molecule has 0 amide bonds. The Morgan fingerprint density at radius 3 is 2.51 bits per heavy atom. The first kappa shape index (κ1) is 27.1. The summed E-state index contributed by atoms with van der Waals surface area (Å²) < 4.78 is 36.0. The van der Waals surface area contributed by atoms with E-state index in [1.54, 1.807) is 29.8 Å². The van der Waals surface area contributed by atoms with Crippen LogP contribution in [-0.4, -0.2) is 35.3 Å². The lowest BCUT2D eigenvalue weighted by Gasteiger charge is -2.41. The molecule has 3 unspecified atom stereocenters. The Morgan fingerprint density at radius 1 is 1.10 bits per heavy atom. The van der Waals surface area contributed by atoms with Crippen molar-refractivity contribution in [2.75, 3.05) is 4.72 Å². The van der Waals surface area contributed by atoms with E-state index in [4.69, 9.17) is 4.74 Å². The van der Waals surface area contributed by atoms with E-state index in [-0.39, 0.29) is 29.1 Å². The summed E-state index contributed by atoms with van der Waals surface area (Å²) in [5.74, 6) is -1.59. The van der Waals surface area contributed by atoms with Crippen molar-refractivity contribution in [3.63, 3.8) is 0 Å². The lowest BCUT2D eigenvalue weighted by atomic mass is 9.73. The molecule has 1 saturated heterocycles. The minimum Gasteiger partial charge on any atom is -0.458 e. The topological polar surface area (TPSA) is 107 Å². The molecule has 1 aromatic heterocycles. The number of hydrogen-bond donors (Lipinski definition) is 1. The molecule has 3 aromatic rings. The summed E-state index contributed by atoms with van der Waals surface area (Å²) in [6, 6.07) is 17.0. The molecule has 1 aliphatic carbocycles. The Balaban J connectivity index is 1.37. The smallest absolute Gasteiger partial charge is 0.317 e. The fraction of sp³-hybridized carbons (Fsp3) is 0.433. The molecule has 2 fully saturated rings. The van der Waals surface area contributed by atoms with Gasteiger partial charge < -0.3 is 9.30 Å². The molecular formula is C30H35N3O5S. The Morgan fingerprint density at radius 2 is 1.87 bits per heavy atom. The van der Waals surface area contributed by atoms with Gasteiger partial charge in [0.15, 0.2) is 10.8 Å². The van der Waals surface area contributed by atoms with Crippen LogP contribution >= 0.6 is 0 Å². The molecule has 39 heavy (non-hydrogen) atoms. The number of sulfonamides is 1. The molecular weight excluding hydrogens is 514 g/mol. The molecule has 2 aliphatic rings. The van der Waals surface area contributed by atoms with E-state index in [0.29, 0.717) is 18.5 Å². The SMILES string of the molecule is CCCC1(CCc2ccccc2)CC(=O)C(C(c2cccc(NS(=O)(=O)c3cn(C)cn3)c2)C2CC2)C(=O)O1. The number of nitrogens with one attached hydrogen (secondary N) is 1. The van der Waals surface area contributed by atoms with Crippen molar-refractivity contribution in [3.05, 3.63) is 78.2 Å². The van der Waals surface area contributed by atoms with Crippen LogP contribution < -0.4 is 4.72 Å². The predicted octanol–water partition coefficient (Wildman–Crippen LogP) is 5.02. The molecule has 0 spiro atoms. The van der Waals surface area contributed by atoms with E-state index in [0.717, 1.165) is 36.8 Å². The van der Waals surface area contributed by atoms with Gasteiger partial charge in [-0.05, 0) is 61.3 Å². The van der Waals surface area contributed by atoms with Gasteiger partial charge in [-0.15, -0.1) is 0 Å². The minimum atomic E-state index is -3.88. The third-order valence-corrected chi connectivity index (χ3v) is 9.07. The molecule has 3 atom stereocenters. The summed E-state index contributed by atoms with van der Waals surface area (Å²) in [5, 5.41) is -0.0806. The second-order valence-electron chi connectivity index (χ2n) is 10.9. The number of nitrogens with zero attached hydrogens (tertiary/aromatic N) is 2. The zero-order valence-electron chi connectivity index (χ0n) is 22.4. The normalized spacial score (nSPS) is 22.4. The summed E-state index contributed by atoms with van der Waals surface area (Å²) in [6.45, 7) is 2.04. The fourth-order valence-electron chi connectivity index (χ4n) is 5.83. The van der Waals surface area contributed by atoms with Gasteiger partial charge in [-0.3, -0.25) is 14.3 Å². The number of aromatic nitrogens is 2. The molecule has 9 heteroatoms. The van der Waals surface area contributed by atoms with Gasteiger partial charge in [0.2, 0.25) is 0 Å². The average molecular weight is 550 g/mol. The van der Waals surface area contributed by atoms with E-state index >= 15 is 0 Å². The van der Waals surface area contributed by atoms with Crippen LogP contribution in [-0.2, 0) is 37.8 Å².